The number of halogens is 1. The van der Waals surface area contributed by atoms with Gasteiger partial charge in [0.2, 0.25) is 10.0 Å². The lowest BCUT2D eigenvalue weighted by molar-refractivity contribution is 0.0946. The van der Waals surface area contributed by atoms with E-state index in [1.54, 1.807) is 54.9 Å². The van der Waals surface area contributed by atoms with Crippen LogP contribution in [0.5, 0.6) is 0 Å². The minimum Gasteiger partial charge on any atom is -0.349 e. The summed E-state index contributed by atoms with van der Waals surface area (Å²) in [7, 11) is -3.80. The lowest BCUT2D eigenvalue weighted by Crippen LogP contribution is -2.32. The minimum atomic E-state index is -3.80. The molecular formula is C25H25ClN4O3S. The van der Waals surface area contributed by atoms with Crippen LogP contribution in [0.15, 0.2) is 78.0 Å². The van der Waals surface area contributed by atoms with E-state index in [0.717, 1.165) is 24.2 Å². The number of sulfonamides is 1. The number of carbonyl (C=O) groups is 1. The van der Waals surface area contributed by atoms with Crippen molar-refractivity contribution in [3.63, 3.8) is 0 Å². The number of carbonyl (C=O) groups excluding carboxylic acids is 1. The van der Waals surface area contributed by atoms with Gasteiger partial charge in [0.15, 0.2) is 0 Å². The molecule has 176 valence electrons. The van der Waals surface area contributed by atoms with Gasteiger partial charge in [0.25, 0.3) is 5.91 Å². The fraction of sp³-hybridized carbons (Fsp3) is 0.280. The highest BCUT2D eigenvalue weighted by molar-refractivity contribution is 7.89. The second-order valence-electron chi connectivity index (χ2n) is 8.77. The van der Waals surface area contributed by atoms with Gasteiger partial charge in [0, 0.05) is 55.2 Å². The number of benzene rings is 2. The van der Waals surface area contributed by atoms with Crippen LogP contribution < -0.4 is 10.6 Å². The van der Waals surface area contributed by atoms with E-state index in [4.69, 9.17) is 11.6 Å². The predicted molar refractivity (Wildman–Crippen MR) is 130 cm³/mol. The summed E-state index contributed by atoms with van der Waals surface area (Å²) in [5, 5.41) is 6.90. The maximum atomic E-state index is 13.4. The molecule has 2 fully saturated rings. The Balaban J connectivity index is 1.33. The maximum Gasteiger partial charge on any atom is 0.251 e. The first kappa shape index (κ1) is 23.0. The van der Waals surface area contributed by atoms with E-state index < -0.39 is 10.0 Å². The van der Waals surface area contributed by atoms with Crippen molar-refractivity contribution >= 4 is 27.5 Å². The summed E-state index contributed by atoms with van der Waals surface area (Å²) >= 11 is 5.95. The summed E-state index contributed by atoms with van der Waals surface area (Å²) in [6.45, 7) is 2.24. The summed E-state index contributed by atoms with van der Waals surface area (Å²) < 4.78 is 28.3. The Hall–Kier alpha value is -2.78. The average molecular weight is 497 g/mol. The Kier molecular flexibility index (Phi) is 6.40. The SMILES string of the molecule is O=C(N[C@H]1[C@@H]2CNC[C@@H]21)c1ccc(CN(Cc2cccnc2)S(=O)(=O)c2ccc(Cl)cc2)cc1. The van der Waals surface area contributed by atoms with Crippen molar-refractivity contribution in [2.24, 2.45) is 11.8 Å². The van der Waals surface area contributed by atoms with Gasteiger partial charge >= 0.3 is 0 Å². The van der Waals surface area contributed by atoms with Crippen LogP contribution in [0.1, 0.15) is 21.5 Å². The first-order chi connectivity index (χ1) is 16.4. The standard InChI is InChI=1S/C25H25ClN4O3S/c26-20-7-9-21(10-8-20)34(32,33)30(16-18-2-1-11-27-12-18)15-17-3-5-19(6-4-17)25(31)29-24-22-13-28-14-23(22)24/h1-12,22-24,28H,13-16H2,(H,29,31)/t22-,23+,24+. The number of piperidine rings is 1. The predicted octanol–water partition coefficient (Wildman–Crippen LogP) is 3.07. The maximum absolute atomic E-state index is 13.4. The number of aromatic nitrogens is 1. The number of nitrogens with zero attached hydrogens (tertiary/aromatic N) is 2. The summed E-state index contributed by atoms with van der Waals surface area (Å²) in [4.78, 5) is 16.9. The summed E-state index contributed by atoms with van der Waals surface area (Å²) in [6, 6.07) is 17.1. The van der Waals surface area contributed by atoms with E-state index >= 15 is 0 Å². The molecule has 2 aliphatic rings. The van der Waals surface area contributed by atoms with E-state index in [-0.39, 0.29) is 29.9 Å². The molecule has 0 unspecified atom stereocenters. The van der Waals surface area contributed by atoms with Crippen molar-refractivity contribution in [1.82, 2.24) is 19.9 Å². The highest BCUT2D eigenvalue weighted by atomic mass is 35.5. The summed E-state index contributed by atoms with van der Waals surface area (Å²) in [5.74, 6) is 0.997. The van der Waals surface area contributed by atoms with Gasteiger partial charge in [-0.25, -0.2) is 8.42 Å². The third kappa shape index (κ3) is 4.86. The number of hydrogen-bond acceptors (Lipinski definition) is 5. The Morgan fingerprint density at radius 2 is 1.68 bits per heavy atom. The van der Waals surface area contributed by atoms with Crippen molar-refractivity contribution < 1.29 is 13.2 Å². The van der Waals surface area contributed by atoms with Gasteiger partial charge in [0.05, 0.1) is 4.90 Å². The van der Waals surface area contributed by atoms with Crippen LogP contribution in [0.3, 0.4) is 0 Å². The molecule has 3 aromatic rings. The van der Waals surface area contributed by atoms with Gasteiger partial charge in [-0.1, -0.05) is 29.8 Å². The molecule has 2 aromatic carbocycles. The third-order valence-electron chi connectivity index (χ3n) is 6.50. The Morgan fingerprint density at radius 3 is 2.32 bits per heavy atom. The zero-order valence-electron chi connectivity index (χ0n) is 18.4. The van der Waals surface area contributed by atoms with E-state index in [9.17, 15) is 13.2 Å². The normalized spacial score (nSPS) is 21.3. The Morgan fingerprint density at radius 1 is 1.00 bits per heavy atom. The molecule has 2 heterocycles. The van der Waals surface area contributed by atoms with Crippen LogP contribution >= 0.6 is 11.6 Å². The molecule has 3 atom stereocenters. The van der Waals surface area contributed by atoms with Crippen LogP contribution in [0.2, 0.25) is 5.02 Å². The van der Waals surface area contributed by atoms with E-state index in [1.165, 1.54) is 16.4 Å². The average Bonchev–Trinajstić information content (AvgIpc) is 3.25. The quantitative estimate of drug-likeness (QED) is 0.500. The molecule has 1 aliphatic carbocycles. The number of pyridine rings is 1. The van der Waals surface area contributed by atoms with Gasteiger partial charge in [-0.3, -0.25) is 9.78 Å². The van der Waals surface area contributed by atoms with Crippen molar-refractivity contribution in [2.75, 3.05) is 13.1 Å². The molecule has 1 saturated carbocycles. The van der Waals surface area contributed by atoms with Crippen LogP contribution in [0, 0.1) is 11.8 Å². The second-order valence-corrected chi connectivity index (χ2v) is 11.1. The minimum absolute atomic E-state index is 0.0908. The van der Waals surface area contributed by atoms with E-state index in [2.05, 4.69) is 15.6 Å². The molecule has 1 saturated heterocycles. The summed E-state index contributed by atoms with van der Waals surface area (Å²) in [6.07, 6.45) is 3.30. The number of amides is 1. The molecule has 0 spiro atoms. The smallest absolute Gasteiger partial charge is 0.251 e. The van der Waals surface area contributed by atoms with E-state index in [1.807, 2.05) is 6.07 Å². The van der Waals surface area contributed by atoms with Crippen LogP contribution in [-0.2, 0) is 23.1 Å². The van der Waals surface area contributed by atoms with Crippen molar-refractivity contribution in [2.45, 2.75) is 24.0 Å². The highest BCUT2D eigenvalue weighted by Gasteiger charge is 2.53. The number of hydrogen-bond donors (Lipinski definition) is 2. The zero-order chi connectivity index (χ0) is 23.7. The molecule has 2 N–H and O–H groups in total. The van der Waals surface area contributed by atoms with Crippen LogP contribution in [0.4, 0.5) is 0 Å². The fourth-order valence-electron chi connectivity index (χ4n) is 4.51. The summed E-state index contributed by atoms with van der Waals surface area (Å²) in [5.41, 5.74) is 2.13. The van der Waals surface area contributed by atoms with Gasteiger partial charge in [-0.05, 0) is 65.4 Å². The van der Waals surface area contributed by atoms with Crippen LogP contribution in [-0.4, -0.2) is 42.7 Å². The lowest BCUT2D eigenvalue weighted by atomic mass is 10.1. The number of fused-ring (bicyclic) bond motifs is 1. The second kappa shape index (κ2) is 9.46. The Bertz CT molecular complexity index is 1260. The van der Waals surface area contributed by atoms with Gasteiger partial charge in [0.1, 0.15) is 0 Å². The molecule has 1 aliphatic heterocycles. The Labute approximate surface area is 204 Å². The molecule has 0 bridgehead atoms. The molecular weight excluding hydrogens is 472 g/mol. The van der Waals surface area contributed by atoms with Gasteiger partial charge in [-0.2, -0.15) is 4.31 Å². The zero-order valence-corrected chi connectivity index (χ0v) is 20.0. The number of rotatable bonds is 8. The molecule has 0 radical (unpaired) electrons. The van der Waals surface area contributed by atoms with Crippen molar-refractivity contribution in [3.8, 4) is 0 Å². The highest BCUT2D eigenvalue weighted by Crippen LogP contribution is 2.41. The van der Waals surface area contributed by atoms with Crippen molar-refractivity contribution in [1.29, 1.82) is 0 Å². The van der Waals surface area contributed by atoms with Gasteiger partial charge < -0.3 is 10.6 Å². The molecule has 1 aromatic heterocycles. The monoisotopic (exact) mass is 496 g/mol. The fourth-order valence-corrected chi connectivity index (χ4v) is 6.05. The van der Waals surface area contributed by atoms with Gasteiger partial charge in [-0.15, -0.1) is 0 Å². The largest absolute Gasteiger partial charge is 0.349 e. The molecule has 1 amide bonds. The molecule has 34 heavy (non-hydrogen) atoms. The molecule has 5 rings (SSSR count). The first-order valence-electron chi connectivity index (χ1n) is 11.2. The molecule has 9 heteroatoms. The van der Waals surface area contributed by atoms with Crippen molar-refractivity contribution in [3.05, 3.63) is 94.8 Å². The van der Waals surface area contributed by atoms with E-state index in [0.29, 0.717) is 22.4 Å². The molecule has 7 nitrogen and oxygen atoms in total. The lowest BCUT2D eigenvalue weighted by Gasteiger charge is -2.22. The van der Waals surface area contributed by atoms with Crippen LogP contribution in [0.25, 0.3) is 0 Å². The number of nitrogens with one attached hydrogen (secondary N) is 2. The third-order valence-corrected chi connectivity index (χ3v) is 8.56. The topological polar surface area (TPSA) is 91.4 Å². The first-order valence-corrected chi connectivity index (χ1v) is 13.0.